The van der Waals surface area contributed by atoms with E-state index in [-0.39, 0.29) is 5.71 Å². The van der Waals surface area contributed by atoms with Crippen LogP contribution in [0.25, 0.3) is 0 Å². The van der Waals surface area contributed by atoms with Crippen LogP contribution in [-0.4, -0.2) is 70.0 Å². The van der Waals surface area contributed by atoms with Crippen LogP contribution >= 0.6 is 0 Å². The van der Waals surface area contributed by atoms with E-state index in [1.54, 1.807) is 0 Å². The molecule has 2 heterocycles. The second-order valence-corrected chi connectivity index (χ2v) is 4.60. The Kier molecular flexibility index (Phi) is 3.90. The van der Waals surface area contributed by atoms with E-state index < -0.39 is 54.9 Å². The zero-order chi connectivity index (χ0) is 15.0. The highest BCUT2D eigenvalue weighted by atomic mass is 16.7. The van der Waals surface area contributed by atoms with Gasteiger partial charge in [0.05, 0.1) is 18.6 Å². The van der Waals surface area contributed by atoms with E-state index in [1.165, 1.54) is 0 Å². The van der Waals surface area contributed by atoms with Crippen molar-refractivity contribution >= 4 is 17.5 Å². The number of hydrogen-bond donors (Lipinski definition) is 5. The van der Waals surface area contributed by atoms with Gasteiger partial charge in [0.2, 0.25) is 6.10 Å². The molecule has 10 nitrogen and oxygen atoms in total. The van der Waals surface area contributed by atoms with Crippen molar-refractivity contribution < 1.29 is 34.5 Å². The third-order valence-electron chi connectivity index (χ3n) is 3.37. The number of nitrogens with two attached hydrogens (primary N) is 2. The molecule has 0 bridgehead atoms. The molecule has 0 unspecified atom stereocenters. The van der Waals surface area contributed by atoms with Crippen LogP contribution < -0.4 is 11.5 Å². The molecule has 1 saturated heterocycles. The molecule has 0 radical (unpaired) electrons. The highest BCUT2D eigenvalue weighted by Gasteiger charge is 2.54. The summed E-state index contributed by atoms with van der Waals surface area (Å²) in [6.07, 6.45) is -6.44. The smallest absolute Gasteiger partial charge is 0.267 e. The fourth-order valence-electron chi connectivity index (χ4n) is 2.37. The molecule has 6 atom stereocenters. The van der Waals surface area contributed by atoms with Crippen LogP contribution in [0.2, 0.25) is 0 Å². The maximum absolute atomic E-state index is 11.3. The minimum Gasteiger partial charge on any atom is -0.394 e. The van der Waals surface area contributed by atoms with Crippen molar-refractivity contribution in [2.75, 3.05) is 6.61 Å². The number of aliphatic hydroxyl groups is 3. The highest BCUT2D eigenvalue weighted by Crippen LogP contribution is 2.33. The first kappa shape index (κ1) is 14.7. The maximum Gasteiger partial charge on any atom is 0.267 e. The van der Waals surface area contributed by atoms with Gasteiger partial charge in [-0.25, -0.2) is 0 Å². The summed E-state index contributed by atoms with van der Waals surface area (Å²) in [6, 6.07) is 0. The average Bonchev–Trinajstić information content (AvgIpc) is 2.93. The number of oxime groups is 1. The van der Waals surface area contributed by atoms with Crippen molar-refractivity contribution in [3.05, 3.63) is 0 Å². The Balaban J connectivity index is 2.29. The molecule has 2 aliphatic rings. The van der Waals surface area contributed by atoms with Crippen LogP contribution in [0.4, 0.5) is 0 Å². The van der Waals surface area contributed by atoms with Crippen LogP contribution in [0.15, 0.2) is 5.16 Å². The first-order chi connectivity index (χ1) is 9.38. The highest BCUT2D eigenvalue weighted by molar-refractivity contribution is 6.40. The molecular formula is C10H15N3O7. The van der Waals surface area contributed by atoms with Gasteiger partial charge in [0.25, 0.3) is 11.8 Å². The Labute approximate surface area is 112 Å². The van der Waals surface area contributed by atoms with E-state index in [4.69, 9.17) is 26.1 Å². The average molecular weight is 289 g/mol. The Hall–Kier alpha value is -1.75. The molecule has 0 aromatic heterocycles. The molecule has 2 rings (SSSR count). The molecule has 0 aliphatic carbocycles. The van der Waals surface area contributed by atoms with Gasteiger partial charge in [-0.2, -0.15) is 0 Å². The predicted octanol–water partition coefficient (Wildman–Crippen LogP) is -4.19. The second kappa shape index (κ2) is 5.32. The number of aliphatic hydroxyl groups excluding tert-OH is 3. The number of amides is 2. The van der Waals surface area contributed by atoms with Gasteiger partial charge < -0.3 is 36.4 Å². The van der Waals surface area contributed by atoms with Crippen molar-refractivity contribution in [3.8, 4) is 0 Å². The van der Waals surface area contributed by atoms with Gasteiger partial charge in [0.1, 0.15) is 18.3 Å². The number of carbonyl (C=O) groups is 2. The van der Waals surface area contributed by atoms with E-state index >= 15 is 0 Å². The lowest BCUT2D eigenvalue weighted by Gasteiger charge is -2.23. The molecule has 7 N–H and O–H groups in total. The van der Waals surface area contributed by atoms with Crippen molar-refractivity contribution in [2.45, 2.75) is 30.5 Å². The lowest BCUT2D eigenvalue weighted by Crippen LogP contribution is -2.49. The molecule has 0 spiro atoms. The number of ether oxygens (including phenoxy) is 1. The summed E-state index contributed by atoms with van der Waals surface area (Å²) < 4.78 is 5.25. The molecule has 1 fully saturated rings. The second-order valence-electron chi connectivity index (χ2n) is 4.60. The van der Waals surface area contributed by atoms with Crippen LogP contribution in [-0.2, 0) is 19.2 Å². The van der Waals surface area contributed by atoms with Gasteiger partial charge in [-0.1, -0.05) is 5.16 Å². The third-order valence-corrected chi connectivity index (χ3v) is 3.37. The predicted molar refractivity (Wildman–Crippen MR) is 61.9 cm³/mol. The van der Waals surface area contributed by atoms with Crippen molar-refractivity contribution in [1.29, 1.82) is 0 Å². The number of primary amides is 2. The first-order valence-electron chi connectivity index (χ1n) is 5.83. The fraction of sp³-hybridized carbons (Fsp3) is 0.700. The van der Waals surface area contributed by atoms with Gasteiger partial charge in [-0.15, -0.1) is 0 Å². The Bertz CT molecular complexity index is 454. The number of carbonyl (C=O) groups excluding carboxylic acids is 2. The minimum absolute atomic E-state index is 0.316. The quantitative estimate of drug-likeness (QED) is 0.348. The molecule has 2 amide bonds. The van der Waals surface area contributed by atoms with Crippen LogP contribution in [0, 0.1) is 5.92 Å². The maximum atomic E-state index is 11.3. The summed E-state index contributed by atoms with van der Waals surface area (Å²) in [6.45, 7) is -0.549. The van der Waals surface area contributed by atoms with E-state index in [2.05, 4.69) is 5.16 Å². The lowest BCUT2D eigenvalue weighted by atomic mass is 9.87. The summed E-state index contributed by atoms with van der Waals surface area (Å²) in [5.41, 5.74) is 9.93. The van der Waals surface area contributed by atoms with Gasteiger partial charge in [0.15, 0.2) is 5.71 Å². The third kappa shape index (κ3) is 2.22. The summed E-state index contributed by atoms with van der Waals surface area (Å²) in [5, 5.41) is 32.0. The van der Waals surface area contributed by atoms with E-state index in [1.807, 2.05) is 0 Å². The zero-order valence-electron chi connectivity index (χ0n) is 10.2. The van der Waals surface area contributed by atoms with E-state index in [0.717, 1.165) is 0 Å². The van der Waals surface area contributed by atoms with E-state index in [0.29, 0.717) is 0 Å². The van der Waals surface area contributed by atoms with Crippen LogP contribution in [0.3, 0.4) is 0 Å². The van der Waals surface area contributed by atoms with Crippen molar-refractivity contribution in [3.63, 3.8) is 0 Å². The number of rotatable bonds is 4. The van der Waals surface area contributed by atoms with Crippen LogP contribution in [0.5, 0.6) is 0 Å². The van der Waals surface area contributed by atoms with Gasteiger partial charge in [-0.05, 0) is 0 Å². The molecule has 0 aromatic rings. The summed E-state index contributed by atoms with van der Waals surface area (Å²) >= 11 is 0. The van der Waals surface area contributed by atoms with Gasteiger partial charge in [-0.3, -0.25) is 9.59 Å². The molecular weight excluding hydrogens is 274 g/mol. The molecule has 20 heavy (non-hydrogen) atoms. The largest absolute Gasteiger partial charge is 0.394 e. The number of nitrogens with zero attached hydrogens (tertiary/aromatic N) is 1. The summed E-state index contributed by atoms with van der Waals surface area (Å²) in [7, 11) is 0. The lowest BCUT2D eigenvalue weighted by molar-refractivity contribution is -0.134. The summed E-state index contributed by atoms with van der Waals surface area (Å²) in [4.78, 5) is 27.3. The standard InChI is InChI=1S/C10H15N3O7/c11-9(17)4-3(8(10(12)18)20-13-4)7-6(16)5(15)2(1-14)19-7/h2-3,5-8,14-16H,1H2,(H2,11,17)(H2,12,18)/t2-,3+,5+,6-,7-,8+/m0/s1. The van der Waals surface area contributed by atoms with Crippen LogP contribution in [0.1, 0.15) is 0 Å². The Morgan fingerprint density at radius 3 is 2.35 bits per heavy atom. The van der Waals surface area contributed by atoms with E-state index in [9.17, 15) is 19.8 Å². The molecule has 0 saturated carbocycles. The molecule has 2 aliphatic heterocycles. The minimum atomic E-state index is -1.45. The zero-order valence-corrected chi connectivity index (χ0v) is 10.2. The van der Waals surface area contributed by atoms with Crippen molar-refractivity contribution in [2.24, 2.45) is 22.5 Å². The molecule has 112 valence electrons. The topological polar surface area (TPSA) is 178 Å². The fourth-order valence-corrected chi connectivity index (χ4v) is 2.37. The SMILES string of the molecule is NC(=O)C1=NO[C@@H](C(N)=O)[C@H]1[C@@H]1O[C@@H](CO)[C@@H](O)[C@@H]1O. The summed E-state index contributed by atoms with van der Waals surface area (Å²) in [5.74, 6) is -3.03. The normalized spacial score (nSPS) is 40.2. The number of hydrogen-bond acceptors (Lipinski definition) is 8. The Morgan fingerprint density at radius 1 is 1.25 bits per heavy atom. The Morgan fingerprint density at radius 2 is 1.90 bits per heavy atom. The van der Waals surface area contributed by atoms with Crippen molar-refractivity contribution in [1.82, 2.24) is 0 Å². The molecule has 10 heteroatoms. The monoisotopic (exact) mass is 289 g/mol. The molecule has 0 aromatic carbocycles. The van der Waals surface area contributed by atoms with Gasteiger partial charge in [0, 0.05) is 0 Å². The van der Waals surface area contributed by atoms with Gasteiger partial charge >= 0.3 is 0 Å². The first-order valence-corrected chi connectivity index (χ1v) is 5.83.